The van der Waals surface area contributed by atoms with E-state index in [2.05, 4.69) is 60.8 Å². The van der Waals surface area contributed by atoms with Crippen LogP contribution >= 0.6 is 7.60 Å². The molecular formula is C24H36NO3P. The third-order valence-electron chi connectivity index (χ3n) is 5.19. The van der Waals surface area contributed by atoms with Gasteiger partial charge in [0.2, 0.25) is 0 Å². The van der Waals surface area contributed by atoms with E-state index in [1.165, 1.54) is 60.4 Å². The quantitative estimate of drug-likeness (QED) is 0.251. The van der Waals surface area contributed by atoms with E-state index in [1.807, 2.05) is 0 Å². The Hall–Kier alpha value is -1.45. The number of unbranched alkanes of at least 4 members (excludes halogenated alkanes) is 6. The third kappa shape index (κ3) is 9.27. The molecule has 4 nitrogen and oxygen atoms in total. The van der Waals surface area contributed by atoms with Crippen molar-refractivity contribution in [3.63, 3.8) is 0 Å². The molecule has 0 bridgehead atoms. The molecule has 0 aliphatic rings. The van der Waals surface area contributed by atoms with E-state index in [4.69, 9.17) is 9.79 Å². The molecule has 0 radical (unpaired) electrons. The number of benzene rings is 2. The lowest BCUT2D eigenvalue weighted by Gasteiger charge is -2.11. The molecule has 0 amide bonds. The van der Waals surface area contributed by atoms with Gasteiger partial charge in [-0.1, -0.05) is 87.6 Å². The first-order chi connectivity index (χ1) is 14.0. The second kappa shape index (κ2) is 13.0. The highest BCUT2D eigenvalue weighted by Crippen LogP contribution is 2.34. The lowest BCUT2D eigenvalue weighted by Crippen LogP contribution is -2.16. The standard InChI is InChI=1S/C24H36NO3P/c1-2-3-4-5-6-7-8-9-13-21-16-17-22(24-15-11-10-14-23(21)24)20-25-18-12-19-29(26,27)28/h9-11,13-17,25H,2-8,12,18-20H2,1H3,(H2,26,27,28). The summed E-state index contributed by atoms with van der Waals surface area (Å²) in [7, 11) is -3.89. The molecule has 0 atom stereocenters. The van der Waals surface area contributed by atoms with Gasteiger partial charge in [0.1, 0.15) is 0 Å². The number of fused-ring (bicyclic) bond motifs is 1. The van der Waals surface area contributed by atoms with E-state index in [1.54, 1.807) is 0 Å². The first-order valence-corrected chi connectivity index (χ1v) is 12.7. The summed E-state index contributed by atoms with van der Waals surface area (Å²) >= 11 is 0. The first-order valence-electron chi connectivity index (χ1n) is 10.9. The van der Waals surface area contributed by atoms with Gasteiger partial charge in [0.25, 0.3) is 0 Å². The molecule has 29 heavy (non-hydrogen) atoms. The molecule has 0 unspecified atom stereocenters. The minimum absolute atomic E-state index is 0.0664. The molecule has 2 aromatic rings. The van der Waals surface area contributed by atoms with Gasteiger partial charge in [-0.25, -0.2) is 0 Å². The number of allylic oxidation sites excluding steroid dienone is 1. The molecule has 160 valence electrons. The molecule has 3 N–H and O–H groups in total. The lowest BCUT2D eigenvalue weighted by atomic mass is 9.98. The molecule has 0 spiro atoms. The lowest BCUT2D eigenvalue weighted by molar-refractivity contribution is 0.371. The Kier molecular flexibility index (Phi) is 10.7. The van der Waals surface area contributed by atoms with E-state index in [-0.39, 0.29) is 6.16 Å². The molecule has 0 heterocycles. The van der Waals surface area contributed by atoms with Gasteiger partial charge in [0.15, 0.2) is 0 Å². The SMILES string of the molecule is CCCCCCCCC=Cc1ccc(CNCCCP(=O)(O)O)c2ccccc12. The van der Waals surface area contributed by atoms with E-state index in [0.717, 1.165) is 6.42 Å². The number of hydrogen-bond acceptors (Lipinski definition) is 2. The van der Waals surface area contributed by atoms with Crippen molar-refractivity contribution in [3.05, 3.63) is 53.6 Å². The summed E-state index contributed by atoms with van der Waals surface area (Å²) < 4.78 is 10.9. The number of hydrogen-bond donors (Lipinski definition) is 3. The predicted molar refractivity (Wildman–Crippen MR) is 124 cm³/mol. The molecule has 0 aromatic heterocycles. The van der Waals surface area contributed by atoms with Crippen LogP contribution in [0.25, 0.3) is 16.8 Å². The maximum absolute atomic E-state index is 10.9. The van der Waals surface area contributed by atoms with E-state index < -0.39 is 7.60 Å². The Bertz CT molecular complexity index is 813. The maximum atomic E-state index is 10.9. The molecular weight excluding hydrogens is 381 g/mol. The zero-order valence-electron chi connectivity index (χ0n) is 17.6. The van der Waals surface area contributed by atoms with Crippen molar-refractivity contribution in [3.8, 4) is 0 Å². The van der Waals surface area contributed by atoms with Crippen LogP contribution in [-0.2, 0) is 11.1 Å². The minimum Gasteiger partial charge on any atom is -0.324 e. The Morgan fingerprint density at radius 3 is 2.41 bits per heavy atom. The summed E-state index contributed by atoms with van der Waals surface area (Å²) in [5, 5.41) is 5.79. The Morgan fingerprint density at radius 1 is 0.931 bits per heavy atom. The number of nitrogens with one attached hydrogen (secondary N) is 1. The summed E-state index contributed by atoms with van der Waals surface area (Å²) in [6, 6.07) is 12.8. The summed E-state index contributed by atoms with van der Waals surface area (Å²) in [5.41, 5.74) is 2.46. The molecule has 0 saturated heterocycles. The normalized spacial score (nSPS) is 12.2. The highest BCUT2D eigenvalue weighted by atomic mass is 31.2. The highest BCUT2D eigenvalue weighted by molar-refractivity contribution is 7.51. The molecule has 0 aliphatic heterocycles. The second-order valence-corrected chi connectivity index (χ2v) is 9.51. The number of rotatable bonds is 14. The van der Waals surface area contributed by atoms with Crippen molar-refractivity contribution in [2.75, 3.05) is 12.7 Å². The fourth-order valence-corrected chi connectivity index (χ4v) is 4.14. The molecule has 0 fully saturated rings. The van der Waals surface area contributed by atoms with Gasteiger partial charge in [-0.3, -0.25) is 4.57 Å². The van der Waals surface area contributed by atoms with Gasteiger partial charge in [-0.15, -0.1) is 0 Å². The topological polar surface area (TPSA) is 69.6 Å². The monoisotopic (exact) mass is 417 g/mol. The van der Waals surface area contributed by atoms with E-state index in [0.29, 0.717) is 19.5 Å². The molecule has 5 heteroatoms. The van der Waals surface area contributed by atoms with Crippen molar-refractivity contribution in [2.45, 2.75) is 64.8 Å². The van der Waals surface area contributed by atoms with Crippen LogP contribution < -0.4 is 5.32 Å². The Morgan fingerprint density at radius 2 is 1.66 bits per heavy atom. The van der Waals surface area contributed by atoms with Crippen LogP contribution in [0.5, 0.6) is 0 Å². The van der Waals surface area contributed by atoms with Crippen molar-refractivity contribution in [1.82, 2.24) is 5.32 Å². The van der Waals surface area contributed by atoms with Gasteiger partial charge in [0, 0.05) is 6.54 Å². The van der Waals surface area contributed by atoms with Crippen LogP contribution in [0.15, 0.2) is 42.5 Å². The average Bonchev–Trinajstić information content (AvgIpc) is 2.70. The first kappa shape index (κ1) is 23.8. The third-order valence-corrected chi connectivity index (χ3v) is 6.09. The molecule has 2 aromatic carbocycles. The van der Waals surface area contributed by atoms with Crippen molar-refractivity contribution in [1.29, 1.82) is 0 Å². The van der Waals surface area contributed by atoms with Gasteiger partial charge < -0.3 is 15.1 Å². The summed E-state index contributed by atoms with van der Waals surface area (Å²) in [6.45, 7) is 3.55. The van der Waals surface area contributed by atoms with Crippen LogP contribution in [-0.4, -0.2) is 22.5 Å². The Balaban J connectivity index is 1.89. The van der Waals surface area contributed by atoms with Crippen LogP contribution in [0, 0.1) is 0 Å². The second-order valence-electron chi connectivity index (χ2n) is 7.74. The van der Waals surface area contributed by atoms with E-state index in [9.17, 15) is 4.57 Å². The molecule has 0 saturated carbocycles. The summed E-state index contributed by atoms with van der Waals surface area (Å²) in [6.07, 6.45) is 14.0. The van der Waals surface area contributed by atoms with Crippen LogP contribution in [0.3, 0.4) is 0 Å². The van der Waals surface area contributed by atoms with Gasteiger partial charge in [-0.2, -0.15) is 0 Å². The van der Waals surface area contributed by atoms with Gasteiger partial charge in [0.05, 0.1) is 6.16 Å². The largest absolute Gasteiger partial charge is 0.325 e. The van der Waals surface area contributed by atoms with Crippen molar-refractivity contribution in [2.24, 2.45) is 0 Å². The van der Waals surface area contributed by atoms with Gasteiger partial charge >= 0.3 is 7.60 Å². The van der Waals surface area contributed by atoms with Gasteiger partial charge in [-0.05, 0) is 47.7 Å². The fraction of sp³-hybridized carbons (Fsp3) is 0.500. The van der Waals surface area contributed by atoms with E-state index >= 15 is 0 Å². The molecule has 2 rings (SSSR count). The predicted octanol–water partition coefficient (Wildman–Crippen LogP) is 6.26. The Labute approximate surface area is 175 Å². The van der Waals surface area contributed by atoms with Crippen LogP contribution in [0.2, 0.25) is 0 Å². The maximum Gasteiger partial charge on any atom is 0.325 e. The van der Waals surface area contributed by atoms with Crippen LogP contribution in [0.4, 0.5) is 0 Å². The minimum atomic E-state index is -3.89. The fourth-order valence-electron chi connectivity index (χ4n) is 3.57. The summed E-state index contributed by atoms with van der Waals surface area (Å²) in [5.74, 6) is 0. The average molecular weight is 418 g/mol. The zero-order chi connectivity index (χ0) is 21.0. The zero-order valence-corrected chi connectivity index (χ0v) is 18.5. The highest BCUT2D eigenvalue weighted by Gasteiger charge is 2.11. The smallest absolute Gasteiger partial charge is 0.324 e. The van der Waals surface area contributed by atoms with Crippen molar-refractivity contribution >= 4 is 24.4 Å². The van der Waals surface area contributed by atoms with Crippen LogP contribution in [0.1, 0.15) is 69.4 Å². The van der Waals surface area contributed by atoms with Crippen molar-refractivity contribution < 1.29 is 14.4 Å². The summed E-state index contributed by atoms with van der Waals surface area (Å²) in [4.78, 5) is 17.9. The molecule has 0 aliphatic carbocycles.